The number of halogens is 2. The summed E-state index contributed by atoms with van der Waals surface area (Å²) >= 11 is -1.55. The van der Waals surface area contributed by atoms with Crippen LogP contribution in [0.1, 0.15) is 54.4 Å². The predicted molar refractivity (Wildman–Crippen MR) is 90.3 cm³/mol. The van der Waals surface area contributed by atoms with Gasteiger partial charge in [0.2, 0.25) is 0 Å². The number of hydrogen-bond donors (Lipinski definition) is 0. The van der Waals surface area contributed by atoms with Gasteiger partial charge < -0.3 is 24.8 Å². The Labute approximate surface area is 158 Å². The minimum absolute atomic E-state index is 0. The molecule has 2 aliphatic rings. The molecule has 0 fully saturated rings. The third-order valence-electron chi connectivity index (χ3n) is 5.42. The first-order chi connectivity index (χ1) is 9.25. The fraction of sp³-hybridized carbons (Fsp3) is 0.556. The molecule has 0 spiro atoms. The van der Waals surface area contributed by atoms with Crippen LogP contribution in [0.15, 0.2) is 40.0 Å². The van der Waals surface area contributed by atoms with Gasteiger partial charge in [-0.1, -0.05) is 0 Å². The Morgan fingerprint density at radius 3 is 1.14 bits per heavy atom. The van der Waals surface area contributed by atoms with Gasteiger partial charge in [0.05, 0.1) is 0 Å². The molecule has 0 aromatic carbocycles. The Bertz CT molecular complexity index is 532. The van der Waals surface area contributed by atoms with E-state index in [0.29, 0.717) is 0 Å². The third kappa shape index (κ3) is 4.00. The maximum atomic E-state index is 2.61. The summed E-state index contributed by atoms with van der Waals surface area (Å²) in [4.78, 5) is 0. The minimum atomic E-state index is -1.55. The molecule has 123 valence electrons. The number of hydrogen-bond acceptors (Lipinski definition) is 0. The van der Waals surface area contributed by atoms with Gasteiger partial charge in [0, 0.05) is 0 Å². The first-order valence-electron chi connectivity index (χ1n) is 7.86. The second-order valence-electron chi connectivity index (χ2n) is 6.94. The van der Waals surface area contributed by atoms with Gasteiger partial charge in [-0.15, -0.1) is 0 Å². The Hall–Kier alpha value is 0.640. The quantitative estimate of drug-likeness (QED) is 0.531. The Morgan fingerprint density at radius 1 is 0.636 bits per heavy atom. The Morgan fingerprint density at radius 2 is 0.955 bits per heavy atom. The predicted octanol–water partition coefficient (Wildman–Crippen LogP) is -0.376. The summed E-state index contributed by atoms with van der Waals surface area (Å²) in [6, 6.07) is 0. The molecular formula is C18H29Cl2SiZr. The average Bonchev–Trinajstić information content (AvgIpc) is 2.76. The maximum Gasteiger partial charge on any atom is -1.00 e. The van der Waals surface area contributed by atoms with Gasteiger partial charge in [0.15, 0.2) is 0 Å². The van der Waals surface area contributed by atoms with E-state index in [1.807, 2.05) is 6.56 Å². The van der Waals surface area contributed by atoms with Crippen LogP contribution in [-0.2, 0) is 20.9 Å². The van der Waals surface area contributed by atoms with Crippen molar-refractivity contribution in [3.05, 3.63) is 40.0 Å². The van der Waals surface area contributed by atoms with Crippen molar-refractivity contribution < 1.29 is 45.7 Å². The van der Waals surface area contributed by atoms with Gasteiger partial charge in [0.1, 0.15) is 0 Å². The van der Waals surface area contributed by atoms with E-state index in [9.17, 15) is 0 Å². The summed E-state index contributed by atoms with van der Waals surface area (Å²) in [7, 11) is 0. The molecule has 0 aliphatic heterocycles. The molecule has 0 saturated carbocycles. The number of allylic oxidation sites excluding steroid dienone is 8. The van der Waals surface area contributed by atoms with Crippen molar-refractivity contribution in [1.82, 2.24) is 0 Å². The monoisotopic (exact) mass is 433 g/mol. The topological polar surface area (TPSA) is 0 Å². The third-order valence-corrected chi connectivity index (χ3v) is 25.1. The summed E-state index contributed by atoms with van der Waals surface area (Å²) in [5, 5.41) is 0. The van der Waals surface area contributed by atoms with E-state index in [1.54, 1.807) is 33.4 Å². The molecule has 2 aliphatic carbocycles. The summed E-state index contributed by atoms with van der Waals surface area (Å²) in [5.41, 5.74) is 9.85. The molecule has 0 N–H and O–H groups in total. The fourth-order valence-corrected chi connectivity index (χ4v) is 25.1. The standard InChI is InChI=1S/2C8H11.C2H7Si.2ClH.Zr/c2*1-6-4-5-7(2)8(6)3;1-3-2;;;/h2*4H2,1-3H3;3H,1-2H3;2*1H;/q;;;;;+2/p-2. The summed E-state index contributed by atoms with van der Waals surface area (Å²) in [6.07, 6.45) is 2.62. The van der Waals surface area contributed by atoms with Crippen LogP contribution < -0.4 is 24.8 Å². The first kappa shape index (κ1) is 22.6. The Balaban J connectivity index is 0.00000220. The van der Waals surface area contributed by atoms with E-state index in [4.69, 9.17) is 0 Å². The van der Waals surface area contributed by atoms with Gasteiger partial charge in [-0.2, -0.15) is 0 Å². The fourth-order valence-electron chi connectivity index (χ4n) is 3.63. The van der Waals surface area contributed by atoms with Crippen LogP contribution in [0.4, 0.5) is 0 Å². The SMILES string of the molecule is CC1=C(C)C(C)=[C]([Zr+2]([C]2=C(C)C(C)=C(C)C2)[SiH](C)C)C1.[Cl-].[Cl-]. The molecule has 0 radical (unpaired) electrons. The summed E-state index contributed by atoms with van der Waals surface area (Å²) in [5.74, 6) is -0.550. The van der Waals surface area contributed by atoms with Crippen LogP contribution in [0.25, 0.3) is 0 Å². The van der Waals surface area contributed by atoms with Gasteiger partial charge in [0.25, 0.3) is 0 Å². The van der Waals surface area contributed by atoms with Crippen LogP contribution in [0, 0.1) is 0 Å². The molecule has 0 aromatic rings. The van der Waals surface area contributed by atoms with Gasteiger partial charge >= 0.3 is 134 Å². The summed E-state index contributed by atoms with van der Waals surface area (Å²) < 4.78 is 3.89. The van der Waals surface area contributed by atoms with E-state index in [0.717, 1.165) is 0 Å². The van der Waals surface area contributed by atoms with E-state index in [2.05, 4.69) is 54.6 Å². The van der Waals surface area contributed by atoms with Crippen molar-refractivity contribution in [3.63, 3.8) is 0 Å². The molecule has 2 rings (SSSR count). The van der Waals surface area contributed by atoms with Crippen molar-refractivity contribution in [2.45, 2.75) is 67.5 Å². The van der Waals surface area contributed by atoms with E-state index in [1.165, 1.54) is 12.8 Å². The van der Waals surface area contributed by atoms with Crippen molar-refractivity contribution >= 4 is 5.92 Å². The molecule has 0 nitrogen and oxygen atoms in total. The van der Waals surface area contributed by atoms with Crippen LogP contribution in [-0.4, -0.2) is 5.92 Å². The zero-order valence-electron chi connectivity index (χ0n) is 15.2. The normalized spacial score (nSPS) is 18.4. The molecule has 22 heavy (non-hydrogen) atoms. The van der Waals surface area contributed by atoms with Crippen LogP contribution in [0.5, 0.6) is 0 Å². The van der Waals surface area contributed by atoms with E-state index in [-0.39, 0.29) is 24.8 Å². The maximum absolute atomic E-state index is 2.61. The zero-order chi connectivity index (χ0) is 15.2. The molecule has 0 heterocycles. The van der Waals surface area contributed by atoms with Gasteiger partial charge in [-0.3, -0.25) is 0 Å². The average molecular weight is 436 g/mol. The van der Waals surface area contributed by atoms with E-state index >= 15 is 0 Å². The van der Waals surface area contributed by atoms with E-state index < -0.39 is 26.8 Å². The molecule has 0 unspecified atom stereocenters. The molecule has 0 atom stereocenters. The molecule has 4 heteroatoms. The van der Waals surface area contributed by atoms with Crippen molar-refractivity contribution in [2.24, 2.45) is 0 Å². The second-order valence-corrected chi connectivity index (χ2v) is 26.2. The number of rotatable bonds is 3. The largest absolute Gasteiger partial charge is 1.00 e. The van der Waals surface area contributed by atoms with Crippen LogP contribution >= 0.6 is 0 Å². The molecule has 0 bridgehead atoms. The molecular weight excluding hydrogens is 406 g/mol. The van der Waals surface area contributed by atoms with Crippen molar-refractivity contribution in [2.75, 3.05) is 0 Å². The zero-order valence-corrected chi connectivity index (χ0v) is 20.4. The smallest absolute Gasteiger partial charge is 1.00 e. The molecule has 0 aromatic heterocycles. The van der Waals surface area contributed by atoms with Crippen molar-refractivity contribution in [3.8, 4) is 0 Å². The first-order valence-corrected chi connectivity index (χ1v) is 17.5. The summed E-state index contributed by atoms with van der Waals surface area (Å²) in [6.45, 7) is 19.4. The van der Waals surface area contributed by atoms with Crippen molar-refractivity contribution in [1.29, 1.82) is 0 Å². The van der Waals surface area contributed by atoms with Crippen LogP contribution in [0.3, 0.4) is 0 Å². The minimum Gasteiger partial charge on any atom is -1.00 e. The molecule has 0 saturated heterocycles. The van der Waals surface area contributed by atoms with Gasteiger partial charge in [-0.05, 0) is 0 Å². The van der Waals surface area contributed by atoms with Crippen LogP contribution in [0.2, 0.25) is 13.1 Å². The van der Waals surface area contributed by atoms with Gasteiger partial charge in [-0.25, -0.2) is 0 Å². The molecule has 0 amide bonds. The second kappa shape index (κ2) is 8.65. The Kier molecular flexibility index (Phi) is 8.90.